The molecule has 9 heteroatoms. The van der Waals surface area contributed by atoms with E-state index in [0.717, 1.165) is 21.7 Å². The van der Waals surface area contributed by atoms with Crippen molar-refractivity contribution < 1.29 is 18.0 Å². The smallest absolute Gasteiger partial charge is 0.244 e. The number of carbonyl (C=O) groups is 2. The van der Waals surface area contributed by atoms with E-state index in [-0.39, 0.29) is 24.8 Å². The Bertz CT molecular complexity index is 1300. The van der Waals surface area contributed by atoms with E-state index < -0.39 is 28.5 Å². The van der Waals surface area contributed by atoms with E-state index in [1.54, 1.807) is 24.3 Å². The highest BCUT2D eigenvalue weighted by atomic mass is 35.5. The van der Waals surface area contributed by atoms with Crippen LogP contribution in [0.2, 0.25) is 5.02 Å². The monoisotopic (exact) mass is 555 g/mol. The van der Waals surface area contributed by atoms with Crippen LogP contribution in [0.15, 0.2) is 84.9 Å². The number of anilines is 1. The number of rotatable bonds is 12. The molecule has 0 unspecified atom stereocenters. The third-order valence-corrected chi connectivity index (χ3v) is 7.34. The summed E-state index contributed by atoms with van der Waals surface area (Å²) in [6.45, 7) is 4.13. The number of nitrogens with zero attached hydrogens (tertiary/aromatic N) is 2. The Hall–Kier alpha value is -3.36. The van der Waals surface area contributed by atoms with Gasteiger partial charge in [0.05, 0.1) is 11.9 Å². The molecule has 0 bridgehead atoms. The van der Waals surface area contributed by atoms with E-state index in [0.29, 0.717) is 17.3 Å². The SMILES string of the molecule is CC(C)CNC(=O)[C@H](Cc1ccccc1)N(Cc1ccccc1)C(=O)CN(c1ccc(Cl)cc1)S(C)(=O)=O. The van der Waals surface area contributed by atoms with Gasteiger partial charge in [0.2, 0.25) is 21.8 Å². The van der Waals surface area contributed by atoms with Gasteiger partial charge in [-0.15, -0.1) is 0 Å². The lowest BCUT2D eigenvalue weighted by molar-refractivity contribution is -0.140. The van der Waals surface area contributed by atoms with Gasteiger partial charge in [0.25, 0.3) is 0 Å². The Morgan fingerprint density at radius 1 is 0.868 bits per heavy atom. The minimum Gasteiger partial charge on any atom is -0.354 e. The van der Waals surface area contributed by atoms with Crippen LogP contribution in [0.1, 0.15) is 25.0 Å². The van der Waals surface area contributed by atoms with Crippen molar-refractivity contribution in [2.24, 2.45) is 5.92 Å². The van der Waals surface area contributed by atoms with Gasteiger partial charge in [-0.1, -0.05) is 86.1 Å². The maximum absolute atomic E-state index is 13.9. The summed E-state index contributed by atoms with van der Waals surface area (Å²) in [5.74, 6) is -0.556. The fraction of sp³-hybridized carbons (Fsp3) is 0.310. The first kappa shape index (κ1) is 29.2. The van der Waals surface area contributed by atoms with Crippen molar-refractivity contribution in [3.8, 4) is 0 Å². The molecule has 3 aromatic rings. The molecule has 0 radical (unpaired) electrons. The second kappa shape index (κ2) is 13.4. The molecule has 0 spiro atoms. The summed E-state index contributed by atoms with van der Waals surface area (Å²) >= 11 is 5.99. The summed E-state index contributed by atoms with van der Waals surface area (Å²) < 4.78 is 26.5. The van der Waals surface area contributed by atoms with Crippen molar-refractivity contribution >= 4 is 39.1 Å². The molecule has 7 nitrogen and oxygen atoms in total. The molecule has 0 aliphatic rings. The van der Waals surface area contributed by atoms with E-state index in [9.17, 15) is 18.0 Å². The molecule has 3 aromatic carbocycles. The summed E-state index contributed by atoms with van der Waals surface area (Å²) in [6.07, 6.45) is 1.33. The first-order valence-electron chi connectivity index (χ1n) is 12.4. The number of amides is 2. The Labute approximate surface area is 230 Å². The lowest BCUT2D eigenvalue weighted by atomic mass is 10.0. The maximum Gasteiger partial charge on any atom is 0.244 e. The molecule has 0 aromatic heterocycles. The van der Waals surface area contributed by atoms with E-state index in [1.165, 1.54) is 4.90 Å². The topological polar surface area (TPSA) is 86.8 Å². The molecular formula is C29H34ClN3O4S. The Balaban J connectivity index is 2.01. The van der Waals surface area contributed by atoms with Crippen LogP contribution in [0.5, 0.6) is 0 Å². The maximum atomic E-state index is 13.9. The van der Waals surface area contributed by atoms with Crippen LogP contribution >= 0.6 is 11.6 Å². The standard InChI is InChI=1S/C29H34ClN3O4S/c1-22(2)19-31-29(35)27(18-23-10-6-4-7-11-23)32(20-24-12-8-5-9-13-24)28(34)21-33(38(3,36)37)26-16-14-25(30)15-17-26/h4-17,22,27H,18-21H2,1-3H3,(H,31,35)/t27-/m0/s1. The number of halogens is 1. The number of carbonyl (C=O) groups excluding carboxylic acids is 2. The molecule has 2 amide bonds. The zero-order chi connectivity index (χ0) is 27.7. The van der Waals surface area contributed by atoms with Gasteiger partial charge in [-0.05, 0) is 41.3 Å². The molecule has 0 aliphatic heterocycles. The quantitative estimate of drug-likeness (QED) is 0.356. The molecule has 0 saturated heterocycles. The summed E-state index contributed by atoms with van der Waals surface area (Å²) in [6, 6.07) is 24.2. The van der Waals surface area contributed by atoms with Gasteiger partial charge < -0.3 is 10.2 Å². The average Bonchev–Trinajstić information content (AvgIpc) is 2.89. The summed E-state index contributed by atoms with van der Waals surface area (Å²) in [4.78, 5) is 28.9. The van der Waals surface area contributed by atoms with E-state index in [1.807, 2.05) is 74.5 Å². The predicted molar refractivity (Wildman–Crippen MR) is 152 cm³/mol. The van der Waals surface area contributed by atoms with Gasteiger partial charge >= 0.3 is 0 Å². The zero-order valence-corrected chi connectivity index (χ0v) is 23.5. The van der Waals surface area contributed by atoms with Gasteiger partial charge in [-0.2, -0.15) is 0 Å². The largest absolute Gasteiger partial charge is 0.354 e. The van der Waals surface area contributed by atoms with Crippen molar-refractivity contribution in [3.63, 3.8) is 0 Å². The molecule has 1 N–H and O–H groups in total. The van der Waals surface area contributed by atoms with Gasteiger partial charge in [0.15, 0.2) is 0 Å². The molecule has 0 heterocycles. The number of hydrogen-bond donors (Lipinski definition) is 1. The van der Waals surface area contributed by atoms with E-state index in [4.69, 9.17) is 11.6 Å². The number of benzene rings is 3. The molecule has 0 aliphatic carbocycles. The first-order chi connectivity index (χ1) is 18.0. The predicted octanol–water partition coefficient (Wildman–Crippen LogP) is 4.52. The minimum absolute atomic E-state index is 0.143. The summed E-state index contributed by atoms with van der Waals surface area (Å²) in [5.41, 5.74) is 2.03. The van der Waals surface area contributed by atoms with Crippen LogP contribution < -0.4 is 9.62 Å². The lowest BCUT2D eigenvalue weighted by Gasteiger charge is -2.33. The highest BCUT2D eigenvalue weighted by Gasteiger charge is 2.33. The molecule has 3 rings (SSSR count). The Kier molecular flexibility index (Phi) is 10.3. The minimum atomic E-state index is -3.82. The Morgan fingerprint density at radius 3 is 1.95 bits per heavy atom. The highest BCUT2D eigenvalue weighted by Crippen LogP contribution is 2.22. The van der Waals surface area contributed by atoms with Gasteiger partial charge in [0, 0.05) is 24.5 Å². The van der Waals surface area contributed by atoms with Gasteiger partial charge in [-0.3, -0.25) is 13.9 Å². The van der Waals surface area contributed by atoms with Gasteiger partial charge in [-0.25, -0.2) is 8.42 Å². The molecule has 1 atom stereocenters. The fourth-order valence-electron chi connectivity index (χ4n) is 3.98. The van der Waals surface area contributed by atoms with Crippen LogP contribution in [0, 0.1) is 5.92 Å². The molecule has 38 heavy (non-hydrogen) atoms. The van der Waals surface area contributed by atoms with Gasteiger partial charge in [0.1, 0.15) is 12.6 Å². The van der Waals surface area contributed by atoms with Crippen LogP contribution in [0.25, 0.3) is 0 Å². The first-order valence-corrected chi connectivity index (χ1v) is 14.7. The highest BCUT2D eigenvalue weighted by molar-refractivity contribution is 7.92. The van der Waals surface area contributed by atoms with E-state index >= 15 is 0 Å². The molecule has 0 fully saturated rings. The van der Waals surface area contributed by atoms with Crippen molar-refractivity contribution in [3.05, 3.63) is 101 Å². The normalized spacial score (nSPS) is 12.1. The molecular weight excluding hydrogens is 522 g/mol. The van der Waals surface area contributed by atoms with Crippen LogP contribution in [0.3, 0.4) is 0 Å². The number of nitrogens with one attached hydrogen (secondary N) is 1. The van der Waals surface area contributed by atoms with Crippen molar-refractivity contribution in [1.82, 2.24) is 10.2 Å². The van der Waals surface area contributed by atoms with Crippen molar-refractivity contribution in [1.29, 1.82) is 0 Å². The third-order valence-electron chi connectivity index (χ3n) is 5.95. The summed E-state index contributed by atoms with van der Waals surface area (Å²) in [5, 5.41) is 3.41. The second-order valence-electron chi connectivity index (χ2n) is 9.60. The fourth-order valence-corrected chi connectivity index (χ4v) is 4.95. The van der Waals surface area contributed by atoms with Crippen LogP contribution in [-0.2, 0) is 32.6 Å². The average molecular weight is 556 g/mol. The zero-order valence-electron chi connectivity index (χ0n) is 21.9. The number of sulfonamides is 1. The van der Waals surface area contributed by atoms with E-state index in [2.05, 4.69) is 5.32 Å². The summed E-state index contributed by atoms with van der Waals surface area (Å²) in [7, 11) is -3.82. The lowest BCUT2D eigenvalue weighted by Crippen LogP contribution is -2.53. The number of hydrogen-bond acceptors (Lipinski definition) is 4. The Morgan fingerprint density at radius 2 is 1.42 bits per heavy atom. The van der Waals surface area contributed by atoms with Crippen LogP contribution in [0.4, 0.5) is 5.69 Å². The molecule has 0 saturated carbocycles. The van der Waals surface area contributed by atoms with Crippen LogP contribution in [-0.4, -0.2) is 50.5 Å². The van der Waals surface area contributed by atoms with Crippen molar-refractivity contribution in [2.45, 2.75) is 32.9 Å². The van der Waals surface area contributed by atoms with Crippen molar-refractivity contribution in [2.75, 3.05) is 23.7 Å². The second-order valence-corrected chi connectivity index (χ2v) is 11.9. The molecule has 202 valence electrons. The third kappa shape index (κ3) is 8.60.